The van der Waals surface area contributed by atoms with E-state index in [4.69, 9.17) is 9.47 Å². The van der Waals surface area contributed by atoms with Crippen LogP contribution in [0, 0.1) is 0 Å². The van der Waals surface area contributed by atoms with Crippen molar-refractivity contribution in [1.29, 1.82) is 0 Å². The Morgan fingerprint density at radius 1 is 1.26 bits per heavy atom. The molecule has 7 heteroatoms. The maximum Gasteiger partial charge on any atom is 0.426 e. The first kappa shape index (κ1) is 17.6. The normalized spacial score (nSPS) is 17.6. The minimum absolute atomic E-state index is 0.0391. The molecule has 0 radical (unpaired) electrons. The average molecular weight is 331 g/mol. The van der Waals surface area contributed by atoms with Crippen molar-refractivity contribution in [3.05, 3.63) is 29.8 Å². The smallest absolute Gasteiger partial charge is 0.426 e. The summed E-state index contributed by atoms with van der Waals surface area (Å²) in [7, 11) is 1.42. The second-order valence-electron chi connectivity index (χ2n) is 5.53. The van der Waals surface area contributed by atoms with Gasteiger partial charge in [-0.25, -0.2) is 4.79 Å². The summed E-state index contributed by atoms with van der Waals surface area (Å²) in [5.74, 6) is -0.609. The van der Waals surface area contributed by atoms with Gasteiger partial charge in [0.1, 0.15) is 5.75 Å². The standard InChI is InChI=1S/C16H20F3NO3/c1-22-13-7-5-6-12(10-13)15(21)23-14(16(17,18)19)11-20-8-3-2-4-9-20/h5-7,10,14H,2-4,8-9,11H2,1H3/t14-/m0/s1. The molecular weight excluding hydrogens is 311 g/mol. The Morgan fingerprint density at radius 2 is 1.96 bits per heavy atom. The predicted octanol–water partition coefficient (Wildman–Crippen LogP) is 3.27. The topological polar surface area (TPSA) is 38.8 Å². The van der Waals surface area contributed by atoms with Gasteiger partial charge in [0, 0.05) is 6.54 Å². The van der Waals surface area contributed by atoms with Crippen molar-refractivity contribution in [1.82, 2.24) is 4.90 Å². The molecule has 0 N–H and O–H groups in total. The van der Waals surface area contributed by atoms with Crippen molar-refractivity contribution >= 4 is 5.97 Å². The van der Waals surface area contributed by atoms with Crippen LogP contribution in [0.2, 0.25) is 0 Å². The van der Waals surface area contributed by atoms with Crippen LogP contribution in [-0.2, 0) is 4.74 Å². The number of nitrogens with zero attached hydrogens (tertiary/aromatic N) is 1. The number of carbonyl (C=O) groups excluding carboxylic acids is 1. The molecule has 0 unspecified atom stereocenters. The zero-order valence-corrected chi connectivity index (χ0v) is 12.9. The number of alkyl halides is 3. The van der Waals surface area contributed by atoms with Gasteiger partial charge in [-0.3, -0.25) is 4.90 Å². The molecule has 0 aliphatic carbocycles. The van der Waals surface area contributed by atoms with Crippen LogP contribution in [0.15, 0.2) is 24.3 Å². The lowest BCUT2D eigenvalue weighted by Gasteiger charge is -2.31. The number of esters is 1. The highest BCUT2D eigenvalue weighted by molar-refractivity contribution is 5.90. The maximum absolute atomic E-state index is 13.2. The number of hydrogen-bond donors (Lipinski definition) is 0. The summed E-state index contributed by atoms with van der Waals surface area (Å²) in [5, 5.41) is 0. The number of hydrogen-bond acceptors (Lipinski definition) is 4. The third-order valence-corrected chi connectivity index (χ3v) is 3.79. The highest BCUT2D eigenvalue weighted by Gasteiger charge is 2.44. The Labute approximate surface area is 133 Å². The van der Waals surface area contributed by atoms with E-state index in [0.29, 0.717) is 18.8 Å². The summed E-state index contributed by atoms with van der Waals surface area (Å²) in [4.78, 5) is 13.7. The monoisotopic (exact) mass is 331 g/mol. The highest BCUT2D eigenvalue weighted by Crippen LogP contribution is 2.26. The number of methoxy groups -OCH3 is 1. The second-order valence-corrected chi connectivity index (χ2v) is 5.53. The largest absolute Gasteiger partial charge is 0.497 e. The maximum atomic E-state index is 13.2. The lowest BCUT2D eigenvalue weighted by atomic mass is 10.1. The van der Waals surface area contributed by atoms with Gasteiger partial charge in [0.25, 0.3) is 0 Å². The number of likely N-dealkylation sites (tertiary alicyclic amines) is 1. The molecule has 1 aromatic rings. The number of ether oxygens (including phenoxy) is 2. The van der Waals surface area contributed by atoms with E-state index in [2.05, 4.69) is 0 Å². The Morgan fingerprint density at radius 3 is 2.57 bits per heavy atom. The van der Waals surface area contributed by atoms with Crippen LogP contribution in [0.5, 0.6) is 5.75 Å². The van der Waals surface area contributed by atoms with Crippen molar-refractivity contribution < 1.29 is 27.4 Å². The lowest BCUT2D eigenvalue weighted by Crippen LogP contribution is -2.45. The van der Waals surface area contributed by atoms with Gasteiger partial charge in [0.2, 0.25) is 6.10 Å². The van der Waals surface area contributed by atoms with Crippen LogP contribution in [0.3, 0.4) is 0 Å². The third-order valence-electron chi connectivity index (χ3n) is 3.79. The summed E-state index contributed by atoms with van der Waals surface area (Å²) in [6.45, 7) is 0.881. The summed E-state index contributed by atoms with van der Waals surface area (Å²) >= 11 is 0. The van der Waals surface area contributed by atoms with Crippen LogP contribution < -0.4 is 4.74 Å². The first-order valence-electron chi connectivity index (χ1n) is 7.54. The van der Waals surface area contributed by atoms with Gasteiger partial charge in [-0.05, 0) is 44.1 Å². The van der Waals surface area contributed by atoms with Crippen molar-refractivity contribution in [2.75, 3.05) is 26.7 Å². The van der Waals surface area contributed by atoms with Crippen molar-refractivity contribution in [2.24, 2.45) is 0 Å². The van der Waals surface area contributed by atoms with Crippen molar-refractivity contribution in [3.63, 3.8) is 0 Å². The number of rotatable bonds is 5. The van der Waals surface area contributed by atoms with Gasteiger partial charge in [-0.2, -0.15) is 13.2 Å². The van der Waals surface area contributed by atoms with E-state index in [0.717, 1.165) is 19.3 Å². The lowest BCUT2D eigenvalue weighted by molar-refractivity contribution is -0.209. The molecule has 1 aromatic carbocycles. The number of piperidine rings is 1. The molecule has 128 valence electrons. The predicted molar refractivity (Wildman–Crippen MR) is 78.5 cm³/mol. The van der Waals surface area contributed by atoms with Gasteiger partial charge in [0.15, 0.2) is 0 Å². The van der Waals surface area contributed by atoms with Crippen LogP contribution in [-0.4, -0.2) is 49.9 Å². The Hall–Kier alpha value is -1.76. The molecule has 1 saturated heterocycles. The molecule has 4 nitrogen and oxygen atoms in total. The molecule has 2 rings (SSSR count). The first-order valence-corrected chi connectivity index (χ1v) is 7.54. The quantitative estimate of drug-likeness (QED) is 0.776. The van der Waals surface area contributed by atoms with Crippen LogP contribution in [0.4, 0.5) is 13.2 Å². The number of benzene rings is 1. The molecule has 23 heavy (non-hydrogen) atoms. The Bertz CT molecular complexity index is 528. The molecular formula is C16H20F3NO3. The number of halogens is 3. The molecule has 1 aliphatic rings. The molecule has 0 aromatic heterocycles. The Balaban J connectivity index is 2.05. The molecule has 0 bridgehead atoms. The second kappa shape index (κ2) is 7.68. The molecule has 0 saturated carbocycles. The minimum atomic E-state index is -4.59. The third kappa shape index (κ3) is 5.13. The van der Waals surface area contributed by atoms with Gasteiger partial charge < -0.3 is 9.47 Å². The molecule has 0 amide bonds. The van der Waals surface area contributed by atoms with E-state index in [1.807, 2.05) is 0 Å². The van der Waals surface area contributed by atoms with Gasteiger partial charge in [-0.15, -0.1) is 0 Å². The highest BCUT2D eigenvalue weighted by atomic mass is 19.4. The molecule has 0 spiro atoms. The van der Waals surface area contributed by atoms with Gasteiger partial charge in [0.05, 0.1) is 12.7 Å². The zero-order valence-electron chi connectivity index (χ0n) is 12.9. The van der Waals surface area contributed by atoms with E-state index in [1.54, 1.807) is 11.0 Å². The SMILES string of the molecule is COc1cccc(C(=O)O[C@@H](CN2CCCCC2)C(F)(F)F)c1. The summed E-state index contributed by atoms with van der Waals surface area (Å²) < 4.78 is 49.2. The van der Waals surface area contributed by atoms with Crippen LogP contribution in [0.1, 0.15) is 29.6 Å². The van der Waals surface area contributed by atoms with Crippen molar-refractivity contribution in [2.45, 2.75) is 31.5 Å². The number of carbonyl (C=O) groups is 1. The Kier molecular flexibility index (Phi) is 5.87. The van der Waals surface area contributed by atoms with Crippen LogP contribution >= 0.6 is 0 Å². The first-order chi connectivity index (χ1) is 10.9. The minimum Gasteiger partial charge on any atom is -0.497 e. The van der Waals surface area contributed by atoms with Gasteiger partial charge in [-0.1, -0.05) is 12.5 Å². The molecule has 1 atom stereocenters. The summed E-state index contributed by atoms with van der Waals surface area (Å²) in [5.41, 5.74) is 0.0391. The van der Waals surface area contributed by atoms with Crippen molar-refractivity contribution in [3.8, 4) is 5.75 Å². The average Bonchev–Trinajstić information content (AvgIpc) is 2.54. The fourth-order valence-electron chi connectivity index (χ4n) is 2.53. The molecule has 1 fully saturated rings. The summed E-state index contributed by atoms with van der Waals surface area (Å²) in [6, 6.07) is 5.89. The van der Waals surface area contributed by atoms with E-state index in [1.165, 1.54) is 25.3 Å². The summed E-state index contributed by atoms with van der Waals surface area (Å²) in [6.07, 6.45) is -3.95. The zero-order chi connectivity index (χ0) is 16.9. The fraction of sp³-hybridized carbons (Fsp3) is 0.562. The molecule has 1 aliphatic heterocycles. The fourth-order valence-corrected chi connectivity index (χ4v) is 2.53. The van der Waals surface area contributed by atoms with E-state index >= 15 is 0 Å². The van der Waals surface area contributed by atoms with E-state index in [-0.39, 0.29) is 12.1 Å². The van der Waals surface area contributed by atoms with Gasteiger partial charge >= 0.3 is 12.1 Å². The van der Waals surface area contributed by atoms with Crippen LogP contribution in [0.25, 0.3) is 0 Å². The molecule has 1 heterocycles. The van der Waals surface area contributed by atoms with E-state index in [9.17, 15) is 18.0 Å². The van der Waals surface area contributed by atoms with E-state index < -0.39 is 18.2 Å².